The van der Waals surface area contributed by atoms with E-state index in [4.69, 9.17) is 11.8 Å². The van der Waals surface area contributed by atoms with Crippen molar-refractivity contribution in [1.29, 1.82) is 5.26 Å². The molecule has 3 rings (SSSR count). The van der Waals surface area contributed by atoms with Crippen LogP contribution < -0.4 is 21.1 Å². The molecule has 0 heterocycles. The van der Waals surface area contributed by atoms with Gasteiger partial charge in [0, 0.05) is 16.6 Å². The summed E-state index contributed by atoms with van der Waals surface area (Å²) < 4.78 is 26.4. The van der Waals surface area contributed by atoms with Gasteiger partial charge in [0.1, 0.15) is 17.5 Å². The summed E-state index contributed by atoms with van der Waals surface area (Å²) in [5.41, 5.74) is 1.31. The van der Waals surface area contributed by atoms with E-state index < -0.39 is 0 Å². The summed E-state index contributed by atoms with van der Waals surface area (Å²) in [6.07, 6.45) is 0. The van der Waals surface area contributed by atoms with Gasteiger partial charge in [0.15, 0.2) is 0 Å². The predicted octanol–water partition coefficient (Wildman–Crippen LogP) is 3.81. The molecule has 0 unspecified atom stereocenters. The van der Waals surface area contributed by atoms with Crippen LogP contribution >= 0.6 is 0 Å². The van der Waals surface area contributed by atoms with Gasteiger partial charge in [-0.2, -0.15) is 0 Å². The smallest absolute Gasteiger partial charge is 0.268 e. The molecule has 0 spiro atoms. The van der Waals surface area contributed by atoms with Crippen LogP contribution in [0.1, 0.15) is 0 Å². The lowest BCUT2D eigenvalue weighted by Crippen LogP contribution is -2.21. The topological polar surface area (TPSA) is 52.2 Å². The number of halogens is 2. The van der Waals surface area contributed by atoms with Gasteiger partial charge in [-0.3, -0.25) is 0 Å². The van der Waals surface area contributed by atoms with E-state index in [1.807, 2.05) is 6.07 Å². The summed E-state index contributed by atoms with van der Waals surface area (Å²) >= 11 is 0. The van der Waals surface area contributed by atoms with Crippen LogP contribution in [0.2, 0.25) is 0 Å². The Hall–Kier alpha value is -4.16. The first kappa shape index (κ1) is 18.6. The molecule has 0 aromatic heterocycles. The fourth-order valence-electron chi connectivity index (χ4n) is 2.48. The van der Waals surface area contributed by atoms with E-state index in [1.54, 1.807) is 48.5 Å². The first-order valence-corrected chi connectivity index (χ1v) is 8.26. The molecule has 0 saturated carbocycles. The summed E-state index contributed by atoms with van der Waals surface area (Å²) in [5.74, 6) is -0.116. The molecular formula is C22H14F2N4. The highest BCUT2D eigenvalue weighted by Crippen LogP contribution is 2.15. The number of hydrogen-bond acceptors (Lipinski definition) is 3. The van der Waals surface area contributed by atoms with E-state index >= 15 is 0 Å². The normalized spacial score (nSPS) is 9.71. The Bertz CT molecular complexity index is 1100. The number of nitrogens with zero attached hydrogens (tertiary/aromatic N) is 2. The maximum atomic E-state index is 13.2. The lowest BCUT2D eigenvalue weighted by atomic mass is 10.2. The Labute approximate surface area is 160 Å². The van der Waals surface area contributed by atoms with Crippen molar-refractivity contribution >= 4 is 22.9 Å². The molecule has 0 amide bonds. The minimum absolute atomic E-state index is 0.00564. The number of benzene rings is 3. The average molecular weight is 372 g/mol. The van der Waals surface area contributed by atoms with Gasteiger partial charge >= 0.3 is 0 Å². The summed E-state index contributed by atoms with van der Waals surface area (Å²) in [4.78, 5) is 3.20. The molecule has 0 atom stereocenters. The van der Waals surface area contributed by atoms with Gasteiger partial charge in [-0.15, -0.1) is 0 Å². The number of rotatable bonds is 4. The maximum absolute atomic E-state index is 13.2. The van der Waals surface area contributed by atoms with Gasteiger partial charge in [-0.05, 0) is 53.7 Å². The number of hydrogen-bond donors (Lipinski definition) is 2. The number of nitrogens with one attached hydrogen (secondary N) is 2. The van der Waals surface area contributed by atoms with Crippen molar-refractivity contribution in [2.75, 3.05) is 10.6 Å². The third-order valence-corrected chi connectivity index (χ3v) is 3.89. The van der Waals surface area contributed by atoms with Crippen molar-refractivity contribution in [2.24, 2.45) is 0 Å². The summed E-state index contributed by atoms with van der Waals surface area (Å²) in [6.45, 7) is 7.04. The molecule has 2 N–H and O–H groups in total. The van der Waals surface area contributed by atoms with Crippen LogP contribution in [0.25, 0.3) is 16.4 Å². The highest BCUT2D eigenvalue weighted by molar-refractivity contribution is 5.74. The van der Waals surface area contributed by atoms with Crippen LogP contribution in [0.5, 0.6) is 0 Å². The lowest BCUT2D eigenvalue weighted by Gasteiger charge is -2.14. The van der Waals surface area contributed by atoms with E-state index in [9.17, 15) is 8.78 Å². The fourth-order valence-corrected chi connectivity index (χ4v) is 2.48. The monoisotopic (exact) mass is 372 g/mol. The first-order valence-electron chi connectivity index (χ1n) is 8.26. The summed E-state index contributed by atoms with van der Waals surface area (Å²) in [7, 11) is 0. The molecule has 0 aliphatic rings. The highest BCUT2D eigenvalue weighted by atomic mass is 19.1. The molecular weight excluding hydrogens is 358 g/mol. The zero-order valence-electron chi connectivity index (χ0n) is 14.6. The standard InChI is InChI=1S/C22H14F2N4/c1-26-21(14-25)15-2-4-16(5-3-15)22(27-19-10-6-17(23)7-11-19)28-20-12-8-18(24)9-13-20/h2-13,27-28H. The van der Waals surface area contributed by atoms with Crippen molar-refractivity contribution in [3.63, 3.8) is 0 Å². The Morgan fingerprint density at radius 2 is 1.18 bits per heavy atom. The Morgan fingerprint density at radius 3 is 1.57 bits per heavy atom. The molecule has 6 heteroatoms. The van der Waals surface area contributed by atoms with Crippen LogP contribution in [0.3, 0.4) is 0 Å². The van der Waals surface area contributed by atoms with E-state index in [-0.39, 0.29) is 17.3 Å². The van der Waals surface area contributed by atoms with Crippen molar-refractivity contribution in [3.05, 3.63) is 106 Å². The molecule has 0 bridgehead atoms. The zero-order valence-corrected chi connectivity index (χ0v) is 14.6. The Balaban J connectivity index is 2.06. The van der Waals surface area contributed by atoms with Gasteiger partial charge in [0.25, 0.3) is 5.70 Å². The van der Waals surface area contributed by atoms with Gasteiger partial charge in [0.2, 0.25) is 0 Å². The molecule has 3 aromatic rings. The largest absolute Gasteiger partial charge is 0.341 e. The minimum Gasteiger partial charge on any atom is -0.341 e. The second-order valence-electron chi connectivity index (χ2n) is 5.79. The highest BCUT2D eigenvalue weighted by Gasteiger charge is 2.03. The molecule has 4 nitrogen and oxygen atoms in total. The second-order valence-corrected chi connectivity index (χ2v) is 5.79. The van der Waals surface area contributed by atoms with Gasteiger partial charge < -0.3 is 10.6 Å². The number of anilines is 2. The van der Waals surface area contributed by atoms with Crippen LogP contribution in [-0.2, 0) is 0 Å². The fraction of sp³-hybridized carbons (Fsp3) is 0. The molecule has 0 radical (unpaired) electrons. The maximum Gasteiger partial charge on any atom is 0.268 e. The van der Waals surface area contributed by atoms with E-state index in [0.717, 1.165) is 5.22 Å². The predicted molar refractivity (Wildman–Crippen MR) is 105 cm³/mol. The van der Waals surface area contributed by atoms with Gasteiger partial charge in [-0.1, -0.05) is 24.3 Å². The third kappa shape index (κ3) is 4.51. The minimum atomic E-state index is -0.346. The van der Waals surface area contributed by atoms with E-state index in [0.29, 0.717) is 22.4 Å². The van der Waals surface area contributed by atoms with Gasteiger partial charge in [0.05, 0.1) is 12.6 Å². The Morgan fingerprint density at radius 1 is 0.750 bits per heavy atom. The van der Waals surface area contributed by atoms with Crippen molar-refractivity contribution < 1.29 is 8.78 Å². The zero-order chi connectivity index (χ0) is 19.9. The first-order chi connectivity index (χ1) is 13.6. The molecule has 136 valence electrons. The quantitative estimate of drug-likeness (QED) is 0.685. The van der Waals surface area contributed by atoms with Crippen molar-refractivity contribution in [3.8, 4) is 6.07 Å². The lowest BCUT2D eigenvalue weighted by molar-refractivity contribution is 0.627. The molecule has 0 fully saturated rings. The second kappa shape index (κ2) is 8.48. The SMILES string of the molecule is [C-]#[N+]C(C#N)=c1ccc(=C(Nc2ccc(F)cc2)Nc2ccc(F)cc2)cc1. The molecule has 0 aliphatic heterocycles. The van der Waals surface area contributed by atoms with E-state index in [2.05, 4.69) is 15.5 Å². The molecule has 0 saturated heterocycles. The molecule has 0 aliphatic carbocycles. The molecule has 28 heavy (non-hydrogen) atoms. The average Bonchev–Trinajstić information content (AvgIpc) is 2.72. The van der Waals surface area contributed by atoms with Crippen molar-refractivity contribution in [2.45, 2.75) is 0 Å². The van der Waals surface area contributed by atoms with Crippen LogP contribution in [-0.4, -0.2) is 0 Å². The third-order valence-electron chi connectivity index (χ3n) is 3.89. The molecule has 3 aromatic carbocycles. The Kier molecular flexibility index (Phi) is 5.64. The summed E-state index contributed by atoms with van der Waals surface area (Å²) in [5, 5.41) is 16.6. The number of nitriles is 1. The van der Waals surface area contributed by atoms with Crippen molar-refractivity contribution in [1.82, 2.24) is 0 Å². The van der Waals surface area contributed by atoms with E-state index in [1.165, 1.54) is 24.3 Å². The van der Waals surface area contributed by atoms with Crippen LogP contribution in [0.4, 0.5) is 20.2 Å². The van der Waals surface area contributed by atoms with Crippen LogP contribution in [0.15, 0.2) is 72.8 Å². The van der Waals surface area contributed by atoms with Gasteiger partial charge in [-0.25, -0.2) is 18.9 Å². The van der Waals surface area contributed by atoms with Crippen LogP contribution in [0, 0.1) is 29.5 Å². The summed E-state index contributed by atoms with van der Waals surface area (Å²) in [6, 6.07) is 20.4.